The average Bonchev–Trinajstić information content (AvgIpc) is 3.21. The molecule has 40 heavy (non-hydrogen) atoms. The Labute approximate surface area is 255 Å². The Balaban J connectivity index is 1.88. The highest BCUT2D eigenvalue weighted by atomic mass is 35.5. The SMILES string of the molecule is C=COCC(O)COc1c(Cl)cc2c(c1Cl)C1(CC2(C)C)CC(C)(C)c2cc(Cl)c(OCC(O)OC=C)c(Cl)c21. The molecule has 6 nitrogen and oxygen atoms in total. The summed E-state index contributed by atoms with van der Waals surface area (Å²) in [5.74, 6) is 0.540. The summed E-state index contributed by atoms with van der Waals surface area (Å²) in [6.45, 7) is 15.3. The van der Waals surface area contributed by atoms with E-state index in [-0.39, 0.29) is 42.1 Å². The summed E-state index contributed by atoms with van der Waals surface area (Å²) in [7, 11) is 0. The Bertz CT molecular complexity index is 1320. The number of rotatable bonds is 11. The highest BCUT2D eigenvalue weighted by Crippen LogP contribution is 2.67. The van der Waals surface area contributed by atoms with E-state index >= 15 is 0 Å². The maximum Gasteiger partial charge on any atom is 0.230 e. The van der Waals surface area contributed by atoms with Crippen molar-refractivity contribution in [1.29, 1.82) is 0 Å². The molecule has 0 heterocycles. The highest BCUT2D eigenvalue weighted by molar-refractivity contribution is 6.39. The minimum atomic E-state index is -1.24. The van der Waals surface area contributed by atoms with Crippen molar-refractivity contribution in [3.8, 4) is 11.5 Å². The molecule has 2 aliphatic rings. The maximum atomic E-state index is 10.3. The van der Waals surface area contributed by atoms with E-state index in [9.17, 15) is 10.2 Å². The van der Waals surface area contributed by atoms with E-state index in [1.807, 2.05) is 12.1 Å². The van der Waals surface area contributed by atoms with Crippen molar-refractivity contribution < 1.29 is 29.2 Å². The summed E-state index contributed by atoms with van der Waals surface area (Å²) in [6, 6.07) is 3.78. The van der Waals surface area contributed by atoms with Crippen molar-refractivity contribution in [1.82, 2.24) is 0 Å². The predicted octanol–water partition coefficient (Wildman–Crippen LogP) is 7.71. The number of hydrogen-bond acceptors (Lipinski definition) is 6. The largest absolute Gasteiger partial charge is 0.499 e. The lowest BCUT2D eigenvalue weighted by atomic mass is 9.72. The van der Waals surface area contributed by atoms with Gasteiger partial charge in [0.05, 0.1) is 32.6 Å². The van der Waals surface area contributed by atoms with Gasteiger partial charge in [0.15, 0.2) is 18.1 Å². The average molecular weight is 632 g/mol. The Morgan fingerprint density at radius 2 is 1.27 bits per heavy atom. The Morgan fingerprint density at radius 1 is 0.800 bits per heavy atom. The summed E-state index contributed by atoms with van der Waals surface area (Å²) in [4.78, 5) is 0. The third kappa shape index (κ3) is 5.39. The molecule has 10 heteroatoms. The first-order chi connectivity index (χ1) is 18.7. The minimum Gasteiger partial charge on any atom is -0.499 e. The molecule has 0 aliphatic heterocycles. The smallest absolute Gasteiger partial charge is 0.230 e. The van der Waals surface area contributed by atoms with Gasteiger partial charge in [0.1, 0.15) is 19.3 Å². The van der Waals surface area contributed by atoms with Crippen molar-refractivity contribution in [3.05, 3.63) is 80.2 Å². The highest BCUT2D eigenvalue weighted by Gasteiger charge is 2.59. The molecule has 2 aliphatic carbocycles. The van der Waals surface area contributed by atoms with Crippen LogP contribution in [-0.4, -0.2) is 42.4 Å². The second-order valence-electron chi connectivity index (χ2n) is 11.6. The Hall–Kier alpha value is -1.80. The molecule has 3 atom stereocenters. The van der Waals surface area contributed by atoms with Gasteiger partial charge in [0.2, 0.25) is 6.29 Å². The van der Waals surface area contributed by atoms with Crippen molar-refractivity contribution >= 4 is 46.4 Å². The van der Waals surface area contributed by atoms with Gasteiger partial charge in [-0.15, -0.1) is 0 Å². The molecule has 0 aromatic heterocycles. The molecule has 2 aromatic rings. The lowest BCUT2D eigenvalue weighted by Gasteiger charge is -2.32. The van der Waals surface area contributed by atoms with Gasteiger partial charge in [0.25, 0.3) is 0 Å². The van der Waals surface area contributed by atoms with Crippen LogP contribution < -0.4 is 9.47 Å². The number of ether oxygens (including phenoxy) is 4. The normalized spacial score (nSPS) is 21.4. The van der Waals surface area contributed by atoms with Crippen LogP contribution >= 0.6 is 46.4 Å². The minimum absolute atomic E-state index is 0.0217. The molecule has 0 saturated carbocycles. The first-order valence-electron chi connectivity index (χ1n) is 12.9. The van der Waals surface area contributed by atoms with Crippen LogP contribution in [0.15, 0.2) is 37.8 Å². The van der Waals surface area contributed by atoms with Crippen LogP contribution in [0.4, 0.5) is 0 Å². The molecule has 0 bridgehead atoms. The molecule has 3 unspecified atom stereocenters. The van der Waals surface area contributed by atoms with Crippen LogP contribution in [0.25, 0.3) is 0 Å². The quantitative estimate of drug-likeness (QED) is 0.195. The fourth-order valence-electron chi connectivity index (χ4n) is 6.42. The van der Waals surface area contributed by atoms with E-state index in [2.05, 4.69) is 40.9 Å². The van der Waals surface area contributed by atoms with Crippen LogP contribution in [0, 0.1) is 0 Å². The monoisotopic (exact) mass is 630 g/mol. The number of aliphatic hydroxyl groups is 2. The predicted molar refractivity (Wildman–Crippen MR) is 159 cm³/mol. The van der Waals surface area contributed by atoms with E-state index in [0.717, 1.165) is 28.5 Å². The van der Waals surface area contributed by atoms with Gasteiger partial charge in [-0.1, -0.05) is 87.3 Å². The third-order valence-corrected chi connectivity index (χ3v) is 8.99. The van der Waals surface area contributed by atoms with E-state index in [4.69, 9.17) is 65.4 Å². The van der Waals surface area contributed by atoms with Gasteiger partial charge in [-0.2, -0.15) is 0 Å². The van der Waals surface area contributed by atoms with Crippen LogP contribution in [0.3, 0.4) is 0 Å². The molecule has 218 valence electrons. The Morgan fingerprint density at radius 3 is 1.73 bits per heavy atom. The lowest BCUT2D eigenvalue weighted by molar-refractivity contribution is -0.0767. The van der Waals surface area contributed by atoms with Gasteiger partial charge < -0.3 is 29.2 Å². The first kappa shape index (κ1) is 31.1. The molecule has 0 saturated heterocycles. The summed E-state index contributed by atoms with van der Waals surface area (Å²) in [5.41, 5.74) is 2.51. The van der Waals surface area contributed by atoms with Crippen LogP contribution in [0.2, 0.25) is 20.1 Å². The number of hydrogen-bond donors (Lipinski definition) is 2. The third-order valence-electron chi connectivity index (χ3n) is 7.71. The summed E-state index contributed by atoms with van der Waals surface area (Å²) >= 11 is 27.7. The summed E-state index contributed by atoms with van der Waals surface area (Å²) < 4.78 is 21.9. The Kier molecular flexibility index (Phi) is 8.93. The number of fused-ring (bicyclic) bond motifs is 4. The molecule has 0 fully saturated rings. The topological polar surface area (TPSA) is 77.4 Å². The summed E-state index contributed by atoms with van der Waals surface area (Å²) in [5, 5.41) is 21.7. The standard InChI is InChI=1S/C30H34Cl4O6/c1-7-37-11-16(35)12-39-26-19(31)9-17-22(24(26)33)30(14-28(17,3)4)15-29(5,6)18-10-20(32)27(25(34)23(18)30)40-13-21(36)38-8-2/h7-10,16,21,35-36H,1-2,11-15H2,3-6H3. The zero-order valence-corrected chi connectivity index (χ0v) is 26.0. The van der Waals surface area contributed by atoms with Crippen molar-refractivity contribution in [2.45, 2.75) is 69.2 Å². The van der Waals surface area contributed by atoms with Crippen LogP contribution in [0.5, 0.6) is 11.5 Å². The van der Waals surface area contributed by atoms with Crippen molar-refractivity contribution in [3.63, 3.8) is 0 Å². The number of benzene rings is 2. The molecule has 0 radical (unpaired) electrons. The molecule has 0 amide bonds. The van der Waals surface area contributed by atoms with Crippen molar-refractivity contribution in [2.75, 3.05) is 19.8 Å². The van der Waals surface area contributed by atoms with E-state index < -0.39 is 17.8 Å². The van der Waals surface area contributed by atoms with Gasteiger partial charge in [-0.3, -0.25) is 0 Å². The summed E-state index contributed by atoms with van der Waals surface area (Å²) in [6.07, 6.45) is 1.64. The van der Waals surface area contributed by atoms with E-state index in [1.165, 1.54) is 6.26 Å². The molecule has 4 rings (SSSR count). The van der Waals surface area contributed by atoms with Crippen molar-refractivity contribution in [2.24, 2.45) is 0 Å². The molecular weight excluding hydrogens is 598 g/mol. The molecular formula is C30H34Cl4O6. The molecule has 2 N–H and O–H groups in total. The van der Waals surface area contributed by atoms with Gasteiger partial charge >= 0.3 is 0 Å². The number of aliphatic hydroxyl groups excluding tert-OH is 2. The van der Waals surface area contributed by atoms with Crippen LogP contribution in [0.1, 0.15) is 62.8 Å². The van der Waals surface area contributed by atoms with E-state index in [1.54, 1.807) is 0 Å². The molecule has 2 aromatic carbocycles. The zero-order chi connectivity index (χ0) is 29.6. The second-order valence-corrected chi connectivity index (χ2v) is 13.2. The fourth-order valence-corrected chi connectivity index (χ4v) is 7.91. The second kappa shape index (κ2) is 11.5. The lowest BCUT2D eigenvalue weighted by Crippen LogP contribution is -2.28. The van der Waals surface area contributed by atoms with Crippen LogP contribution in [-0.2, 0) is 25.7 Å². The van der Waals surface area contributed by atoms with Gasteiger partial charge in [-0.05, 0) is 58.1 Å². The van der Waals surface area contributed by atoms with E-state index in [0.29, 0.717) is 32.9 Å². The zero-order valence-electron chi connectivity index (χ0n) is 23.0. The molecule has 1 spiro atoms. The number of halogens is 4. The fraction of sp³-hybridized carbons (Fsp3) is 0.467. The van der Waals surface area contributed by atoms with Gasteiger partial charge in [-0.25, -0.2) is 0 Å². The maximum absolute atomic E-state index is 10.3. The van der Waals surface area contributed by atoms with Gasteiger partial charge in [0, 0.05) is 5.41 Å². The first-order valence-corrected chi connectivity index (χ1v) is 14.4.